The summed E-state index contributed by atoms with van der Waals surface area (Å²) >= 11 is 0. The lowest BCUT2D eigenvalue weighted by Crippen LogP contribution is -2.51. The van der Waals surface area contributed by atoms with E-state index in [-0.39, 0.29) is 0 Å². The van der Waals surface area contributed by atoms with Crippen molar-refractivity contribution in [3.05, 3.63) is 29.8 Å². The normalized spacial score (nSPS) is 23.3. The van der Waals surface area contributed by atoms with Gasteiger partial charge in [-0.25, -0.2) is 0 Å². The summed E-state index contributed by atoms with van der Waals surface area (Å²) < 4.78 is 0. The van der Waals surface area contributed by atoms with Gasteiger partial charge in [-0.05, 0) is 31.5 Å². The second kappa shape index (κ2) is 6.06. The first-order valence-corrected chi connectivity index (χ1v) is 8.07. The SMILES string of the molecule is CCNC(C)c1ccccc1N1CCN2C(=O)CCC2C1. The first-order valence-electron chi connectivity index (χ1n) is 8.07. The molecule has 21 heavy (non-hydrogen) atoms. The molecule has 1 aromatic carbocycles. The predicted molar refractivity (Wildman–Crippen MR) is 85.5 cm³/mol. The highest BCUT2D eigenvalue weighted by atomic mass is 16.2. The van der Waals surface area contributed by atoms with Crippen LogP contribution in [0.15, 0.2) is 24.3 Å². The third kappa shape index (κ3) is 2.77. The van der Waals surface area contributed by atoms with E-state index < -0.39 is 0 Å². The van der Waals surface area contributed by atoms with Gasteiger partial charge in [-0.15, -0.1) is 0 Å². The fraction of sp³-hybridized carbons (Fsp3) is 0.588. The van der Waals surface area contributed by atoms with Gasteiger partial charge < -0.3 is 15.1 Å². The smallest absolute Gasteiger partial charge is 0.223 e. The Labute approximate surface area is 127 Å². The van der Waals surface area contributed by atoms with Crippen molar-refractivity contribution in [3.63, 3.8) is 0 Å². The number of nitrogens with zero attached hydrogens (tertiary/aromatic N) is 2. The molecule has 1 N–H and O–H groups in total. The monoisotopic (exact) mass is 287 g/mol. The number of piperazine rings is 1. The molecule has 3 rings (SSSR count). The van der Waals surface area contributed by atoms with E-state index in [1.165, 1.54) is 11.3 Å². The highest BCUT2D eigenvalue weighted by molar-refractivity contribution is 5.79. The van der Waals surface area contributed by atoms with Crippen molar-refractivity contribution in [2.75, 3.05) is 31.1 Å². The molecule has 0 aliphatic carbocycles. The van der Waals surface area contributed by atoms with E-state index >= 15 is 0 Å². The third-order valence-electron chi connectivity index (χ3n) is 4.75. The Morgan fingerprint density at radius 3 is 2.95 bits per heavy atom. The summed E-state index contributed by atoms with van der Waals surface area (Å²) in [4.78, 5) is 16.3. The van der Waals surface area contributed by atoms with E-state index in [9.17, 15) is 4.79 Å². The lowest BCUT2D eigenvalue weighted by atomic mass is 10.0. The summed E-state index contributed by atoms with van der Waals surface area (Å²) in [6.45, 7) is 8.12. The Hall–Kier alpha value is -1.55. The number of para-hydroxylation sites is 1. The number of nitrogens with one attached hydrogen (secondary N) is 1. The van der Waals surface area contributed by atoms with Gasteiger partial charge in [0.1, 0.15) is 0 Å². The highest BCUT2D eigenvalue weighted by Gasteiger charge is 2.36. The number of amides is 1. The van der Waals surface area contributed by atoms with Crippen molar-refractivity contribution >= 4 is 11.6 Å². The molecule has 2 saturated heterocycles. The van der Waals surface area contributed by atoms with Crippen molar-refractivity contribution in [2.24, 2.45) is 0 Å². The maximum absolute atomic E-state index is 11.8. The summed E-state index contributed by atoms with van der Waals surface area (Å²) in [5.41, 5.74) is 2.68. The Morgan fingerprint density at radius 2 is 2.14 bits per heavy atom. The summed E-state index contributed by atoms with van der Waals surface area (Å²) in [6, 6.07) is 9.43. The molecule has 0 saturated carbocycles. The fourth-order valence-electron chi connectivity index (χ4n) is 3.64. The van der Waals surface area contributed by atoms with E-state index in [0.717, 1.165) is 39.0 Å². The third-order valence-corrected chi connectivity index (χ3v) is 4.75. The van der Waals surface area contributed by atoms with Gasteiger partial charge in [0.05, 0.1) is 0 Å². The van der Waals surface area contributed by atoms with Gasteiger partial charge in [-0.2, -0.15) is 0 Å². The lowest BCUT2D eigenvalue weighted by Gasteiger charge is -2.40. The largest absolute Gasteiger partial charge is 0.367 e. The molecule has 4 heteroatoms. The predicted octanol–water partition coefficient (Wildman–Crippen LogP) is 2.17. The molecule has 0 radical (unpaired) electrons. The van der Waals surface area contributed by atoms with Gasteiger partial charge in [0.15, 0.2) is 0 Å². The van der Waals surface area contributed by atoms with Gasteiger partial charge in [0, 0.05) is 43.8 Å². The molecule has 0 aromatic heterocycles. The molecule has 2 aliphatic rings. The Morgan fingerprint density at radius 1 is 1.33 bits per heavy atom. The zero-order valence-corrected chi connectivity index (χ0v) is 13.0. The summed E-state index contributed by atoms with van der Waals surface area (Å²) in [7, 11) is 0. The number of hydrogen-bond acceptors (Lipinski definition) is 3. The molecule has 2 atom stereocenters. The second-order valence-electron chi connectivity index (χ2n) is 6.06. The summed E-state index contributed by atoms with van der Waals surface area (Å²) in [6.07, 6.45) is 1.74. The van der Waals surface area contributed by atoms with Crippen molar-refractivity contribution in [1.82, 2.24) is 10.2 Å². The first-order chi connectivity index (χ1) is 10.2. The van der Waals surface area contributed by atoms with E-state index in [0.29, 0.717) is 18.0 Å². The zero-order chi connectivity index (χ0) is 14.8. The maximum Gasteiger partial charge on any atom is 0.223 e. The molecule has 4 nitrogen and oxygen atoms in total. The van der Waals surface area contributed by atoms with Gasteiger partial charge in [0.25, 0.3) is 0 Å². The summed E-state index contributed by atoms with van der Waals surface area (Å²) in [5, 5.41) is 3.50. The lowest BCUT2D eigenvalue weighted by molar-refractivity contribution is -0.129. The average Bonchev–Trinajstić information content (AvgIpc) is 2.88. The van der Waals surface area contributed by atoms with Crippen LogP contribution < -0.4 is 10.2 Å². The molecular weight excluding hydrogens is 262 g/mol. The molecule has 0 spiro atoms. The highest BCUT2D eigenvalue weighted by Crippen LogP contribution is 2.30. The Balaban J connectivity index is 1.80. The van der Waals surface area contributed by atoms with Crippen LogP contribution in [0.2, 0.25) is 0 Å². The van der Waals surface area contributed by atoms with Crippen LogP contribution >= 0.6 is 0 Å². The minimum Gasteiger partial charge on any atom is -0.367 e. The van der Waals surface area contributed by atoms with Gasteiger partial charge >= 0.3 is 0 Å². The molecule has 2 fully saturated rings. The minimum absolute atomic E-state index is 0.342. The molecule has 0 bridgehead atoms. The standard InChI is InChI=1S/C17H25N3O/c1-3-18-13(2)15-6-4-5-7-16(15)19-10-11-20-14(12-19)8-9-17(20)21/h4-7,13-14,18H,3,8-12H2,1-2H3. The van der Waals surface area contributed by atoms with E-state index in [1.807, 2.05) is 0 Å². The molecule has 2 unspecified atom stereocenters. The molecule has 2 heterocycles. The number of fused-ring (bicyclic) bond motifs is 1. The van der Waals surface area contributed by atoms with Crippen molar-refractivity contribution in [1.29, 1.82) is 0 Å². The number of rotatable bonds is 4. The van der Waals surface area contributed by atoms with Crippen LogP contribution in [0.1, 0.15) is 38.3 Å². The Kier molecular flexibility index (Phi) is 4.15. The molecular formula is C17H25N3O. The van der Waals surface area contributed by atoms with Crippen molar-refractivity contribution in [2.45, 2.75) is 38.8 Å². The topological polar surface area (TPSA) is 35.6 Å². The summed E-state index contributed by atoms with van der Waals surface area (Å²) in [5.74, 6) is 0.342. The maximum atomic E-state index is 11.8. The van der Waals surface area contributed by atoms with Gasteiger partial charge in [-0.3, -0.25) is 4.79 Å². The number of anilines is 1. The van der Waals surface area contributed by atoms with Crippen molar-refractivity contribution < 1.29 is 4.79 Å². The van der Waals surface area contributed by atoms with Gasteiger partial charge in [0.2, 0.25) is 5.91 Å². The van der Waals surface area contributed by atoms with Crippen LogP contribution in [-0.4, -0.2) is 43.0 Å². The second-order valence-corrected chi connectivity index (χ2v) is 6.06. The van der Waals surface area contributed by atoms with Crippen LogP contribution in [0.5, 0.6) is 0 Å². The van der Waals surface area contributed by atoms with Crippen LogP contribution in [-0.2, 0) is 4.79 Å². The number of benzene rings is 1. The first kappa shape index (κ1) is 14.4. The van der Waals surface area contributed by atoms with Gasteiger partial charge in [-0.1, -0.05) is 25.1 Å². The van der Waals surface area contributed by atoms with Crippen LogP contribution in [0.25, 0.3) is 0 Å². The van der Waals surface area contributed by atoms with Crippen LogP contribution in [0, 0.1) is 0 Å². The fourth-order valence-corrected chi connectivity index (χ4v) is 3.64. The molecule has 114 valence electrons. The van der Waals surface area contributed by atoms with E-state index in [2.05, 4.69) is 53.2 Å². The number of carbonyl (C=O) groups excluding carboxylic acids is 1. The molecule has 2 aliphatic heterocycles. The zero-order valence-electron chi connectivity index (χ0n) is 13.0. The average molecular weight is 287 g/mol. The molecule has 1 aromatic rings. The van der Waals surface area contributed by atoms with Crippen LogP contribution in [0.3, 0.4) is 0 Å². The number of hydrogen-bond donors (Lipinski definition) is 1. The van der Waals surface area contributed by atoms with Crippen LogP contribution in [0.4, 0.5) is 5.69 Å². The Bertz CT molecular complexity index is 517. The quantitative estimate of drug-likeness (QED) is 0.922. The van der Waals surface area contributed by atoms with Crippen molar-refractivity contribution in [3.8, 4) is 0 Å². The van der Waals surface area contributed by atoms with E-state index in [4.69, 9.17) is 0 Å². The molecule has 1 amide bonds. The van der Waals surface area contributed by atoms with E-state index in [1.54, 1.807) is 0 Å². The minimum atomic E-state index is 0.342. The number of carbonyl (C=O) groups is 1.